The van der Waals surface area contributed by atoms with Gasteiger partial charge in [-0.3, -0.25) is 9.59 Å². The maximum Gasteiger partial charge on any atom is 0.345 e. The van der Waals surface area contributed by atoms with Crippen molar-refractivity contribution < 1.29 is 23.9 Å². The van der Waals surface area contributed by atoms with Gasteiger partial charge in [0.05, 0.1) is 24.3 Å². The summed E-state index contributed by atoms with van der Waals surface area (Å²) >= 11 is 7.05. The molecule has 3 N–H and O–H groups in total. The molecule has 1 amide bonds. The summed E-state index contributed by atoms with van der Waals surface area (Å²) in [6.45, 7) is 1.84. The van der Waals surface area contributed by atoms with E-state index in [1.54, 1.807) is 25.3 Å². The van der Waals surface area contributed by atoms with E-state index in [-0.39, 0.29) is 17.1 Å². The van der Waals surface area contributed by atoms with Gasteiger partial charge in [0.15, 0.2) is 0 Å². The molecule has 1 atom stereocenters. The number of fused-ring (bicyclic) bond motifs is 1. The summed E-state index contributed by atoms with van der Waals surface area (Å²) in [5.41, 5.74) is 7.69. The molecule has 0 aliphatic heterocycles. The van der Waals surface area contributed by atoms with Crippen LogP contribution in [0.3, 0.4) is 0 Å². The minimum atomic E-state index is -0.804. The molecular formula is C22H21ClN2O5S. The fourth-order valence-electron chi connectivity index (χ4n) is 3.26. The first-order chi connectivity index (χ1) is 14.8. The Labute approximate surface area is 188 Å². The number of aromatic amines is 1. The van der Waals surface area contributed by atoms with E-state index in [0.29, 0.717) is 16.3 Å². The first kappa shape index (κ1) is 22.7. The van der Waals surface area contributed by atoms with Crippen molar-refractivity contribution in [2.45, 2.75) is 12.8 Å². The molecule has 1 aromatic heterocycles. The molecule has 9 heteroatoms. The number of halogens is 1. The quantitative estimate of drug-likeness (QED) is 0.390. The Kier molecular flexibility index (Phi) is 7.25. The first-order valence-corrected chi connectivity index (χ1v) is 10.9. The van der Waals surface area contributed by atoms with Gasteiger partial charge in [0.1, 0.15) is 5.75 Å². The maximum absolute atomic E-state index is 13.1. The van der Waals surface area contributed by atoms with Crippen LogP contribution in [0.25, 0.3) is 10.9 Å². The fraction of sp³-hybridized carbons (Fsp3) is 0.227. The van der Waals surface area contributed by atoms with Crippen molar-refractivity contribution >= 4 is 52.1 Å². The van der Waals surface area contributed by atoms with E-state index in [2.05, 4.69) is 4.98 Å². The zero-order valence-electron chi connectivity index (χ0n) is 16.9. The number of ether oxygens (including phenoxy) is 2. The van der Waals surface area contributed by atoms with Gasteiger partial charge in [-0.05, 0) is 55.0 Å². The Bertz CT molecular complexity index is 1130. The molecule has 2 aromatic carbocycles. The molecule has 3 rings (SSSR count). The number of carbonyl (C=O) groups excluding carboxylic acids is 3. The number of H-pyrrole nitrogens is 1. The Morgan fingerprint density at radius 3 is 2.52 bits per heavy atom. The molecule has 0 saturated heterocycles. The molecule has 0 fully saturated rings. The van der Waals surface area contributed by atoms with Crippen molar-refractivity contribution in [1.29, 1.82) is 0 Å². The van der Waals surface area contributed by atoms with E-state index in [9.17, 15) is 14.4 Å². The van der Waals surface area contributed by atoms with Gasteiger partial charge in [-0.1, -0.05) is 11.6 Å². The van der Waals surface area contributed by atoms with Crippen LogP contribution in [0.5, 0.6) is 5.75 Å². The predicted molar refractivity (Wildman–Crippen MR) is 121 cm³/mol. The van der Waals surface area contributed by atoms with Crippen LogP contribution >= 0.6 is 23.4 Å². The van der Waals surface area contributed by atoms with Gasteiger partial charge >= 0.3 is 11.9 Å². The van der Waals surface area contributed by atoms with Gasteiger partial charge in [-0.2, -0.15) is 11.8 Å². The third kappa shape index (κ3) is 5.39. The van der Waals surface area contributed by atoms with Crippen LogP contribution in [0.15, 0.2) is 42.5 Å². The minimum Gasteiger partial charge on any atom is -0.497 e. The molecular weight excluding hydrogens is 440 g/mol. The lowest BCUT2D eigenvalue weighted by Crippen LogP contribution is -2.23. The lowest BCUT2D eigenvalue weighted by molar-refractivity contribution is -0.139. The number of carbonyl (C=O) groups is 3. The summed E-state index contributed by atoms with van der Waals surface area (Å²) < 4.78 is 10.5. The van der Waals surface area contributed by atoms with Crippen molar-refractivity contribution in [2.75, 3.05) is 18.6 Å². The van der Waals surface area contributed by atoms with Crippen molar-refractivity contribution in [3.05, 3.63) is 64.3 Å². The van der Waals surface area contributed by atoms with Crippen molar-refractivity contribution in [3.63, 3.8) is 0 Å². The lowest BCUT2D eigenvalue weighted by atomic mass is 9.97. The van der Waals surface area contributed by atoms with Crippen LogP contribution in [0.1, 0.15) is 27.5 Å². The number of nitrogens with one attached hydrogen (secondary N) is 1. The van der Waals surface area contributed by atoms with E-state index in [4.69, 9.17) is 26.8 Å². The van der Waals surface area contributed by atoms with Gasteiger partial charge < -0.3 is 20.2 Å². The van der Waals surface area contributed by atoms with E-state index >= 15 is 0 Å². The van der Waals surface area contributed by atoms with E-state index in [1.807, 2.05) is 19.1 Å². The largest absolute Gasteiger partial charge is 0.497 e. The monoisotopic (exact) mass is 460 g/mol. The number of esters is 2. The van der Waals surface area contributed by atoms with E-state index in [0.717, 1.165) is 16.6 Å². The van der Waals surface area contributed by atoms with Gasteiger partial charge in [0, 0.05) is 27.4 Å². The second kappa shape index (κ2) is 9.89. The minimum absolute atomic E-state index is 0.0413. The first-order valence-electron chi connectivity index (χ1n) is 9.34. The molecule has 162 valence electrons. The highest BCUT2D eigenvalue weighted by Crippen LogP contribution is 2.34. The fourth-order valence-corrected chi connectivity index (χ4v) is 4.24. The second-order valence-corrected chi connectivity index (χ2v) is 8.29. The summed E-state index contributed by atoms with van der Waals surface area (Å²) in [5, 5.41) is 1.24. The Morgan fingerprint density at radius 1 is 1.16 bits per heavy atom. The number of thioether (sulfide) groups is 1. The van der Waals surface area contributed by atoms with E-state index in [1.165, 1.54) is 23.9 Å². The van der Waals surface area contributed by atoms with Crippen LogP contribution in [-0.2, 0) is 14.3 Å². The SMILES string of the molecule is COc1ccc2[nH]c(C)c(C(CSCC(N)=O)C(=O)OC(=O)c3ccc(Cl)cc3)c2c1. The van der Waals surface area contributed by atoms with Crippen LogP contribution < -0.4 is 10.5 Å². The lowest BCUT2D eigenvalue weighted by Gasteiger charge is -2.16. The zero-order chi connectivity index (χ0) is 22.5. The van der Waals surface area contributed by atoms with Gasteiger partial charge in [0.2, 0.25) is 5.91 Å². The average Bonchev–Trinajstić information content (AvgIpc) is 3.06. The third-order valence-corrected chi connectivity index (χ3v) is 5.99. The summed E-state index contributed by atoms with van der Waals surface area (Å²) in [6, 6.07) is 11.5. The number of aryl methyl sites for hydroxylation is 1. The number of hydrogen-bond donors (Lipinski definition) is 2. The smallest absolute Gasteiger partial charge is 0.345 e. The number of aromatic nitrogens is 1. The standard InChI is InChI=1S/C22H21ClN2O5S/c1-12-20(16-9-15(29-2)7-8-18(16)25-12)17(10-31-11-19(24)26)22(28)30-21(27)13-3-5-14(23)6-4-13/h3-9,17,25H,10-11H2,1-2H3,(H2,24,26). The molecule has 7 nitrogen and oxygen atoms in total. The number of amides is 1. The van der Waals surface area contributed by atoms with Crippen molar-refractivity contribution in [2.24, 2.45) is 5.73 Å². The molecule has 0 saturated carbocycles. The number of nitrogens with two attached hydrogens (primary N) is 1. The van der Waals surface area contributed by atoms with Crippen LogP contribution in [0, 0.1) is 6.92 Å². The van der Waals surface area contributed by atoms with Crippen LogP contribution in [0.4, 0.5) is 0 Å². The van der Waals surface area contributed by atoms with Gasteiger partial charge in [-0.15, -0.1) is 0 Å². The van der Waals surface area contributed by atoms with Gasteiger partial charge in [0.25, 0.3) is 0 Å². The third-order valence-electron chi connectivity index (χ3n) is 4.68. The van der Waals surface area contributed by atoms with Crippen molar-refractivity contribution in [1.82, 2.24) is 4.98 Å². The molecule has 0 aliphatic rings. The number of benzene rings is 2. The van der Waals surface area contributed by atoms with E-state index < -0.39 is 23.8 Å². The molecule has 1 heterocycles. The molecule has 0 aliphatic carbocycles. The maximum atomic E-state index is 13.1. The predicted octanol–water partition coefficient (Wildman–Crippen LogP) is 3.82. The molecule has 31 heavy (non-hydrogen) atoms. The molecule has 0 spiro atoms. The normalized spacial score (nSPS) is 11.8. The molecule has 1 unspecified atom stereocenters. The second-order valence-electron chi connectivity index (χ2n) is 6.82. The number of rotatable bonds is 8. The topological polar surface area (TPSA) is 111 Å². The Morgan fingerprint density at radius 2 is 1.87 bits per heavy atom. The van der Waals surface area contributed by atoms with Crippen LogP contribution in [-0.4, -0.2) is 41.4 Å². The summed E-state index contributed by atoms with van der Waals surface area (Å²) in [5.74, 6) is -1.92. The van der Waals surface area contributed by atoms with Crippen molar-refractivity contribution in [3.8, 4) is 5.75 Å². The Balaban J connectivity index is 1.94. The highest BCUT2D eigenvalue weighted by molar-refractivity contribution is 8.00. The number of methoxy groups -OCH3 is 1. The highest BCUT2D eigenvalue weighted by Gasteiger charge is 2.30. The summed E-state index contributed by atoms with van der Waals surface area (Å²) in [6.07, 6.45) is 0. The van der Waals surface area contributed by atoms with Crippen LogP contribution in [0.2, 0.25) is 5.02 Å². The molecule has 0 bridgehead atoms. The average molecular weight is 461 g/mol. The molecule has 3 aromatic rings. The Hall–Kier alpha value is -2.97. The zero-order valence-corrected chi connectivity index (χ0v) is 18.5. The molecule has 0 radical (unpaired) electrons. The summed E-state index contributed by atoms with van der Waals surface area (Å²) in [7, 11) is 1.56. The summed E-state index contributed by atoms with van der Waals surface area (Å²) in [4.78, 5) is 40.0. The van der Waals surface area contributed by atoms with Gasteiger partial charge in [-0.25, -0.2) is 4.79 Å². The highest BCUT2D eigenvalue weighted by atomic mass is 35.5. The number of primary amides is 1. The number of hydrogen-bond acceptors (Lipinski definition) is 6.